The molecule has 1 rings (SSSR count). The molecule has 0 saturated heterocycles. The highest BCUT2D eigenvalue weighted by Gasteiger charge is 2.25. The van der Waals surface area contributed by atoms with E-state index in [-0.39, 0.29) is 11.5 Å². The molecule has 0 aromatic carbocycles. The molecule has 1 heterocycles. The fourth-order valence-electron chi connectivity index (χ4n) is 1.29. The summed E-state index contributed by atoms with van der Waals surface area (Å²) in [6.45, 7) is 2.00. The second-order valence-electron chi connectivity index (χ2n) is 3.40. The van der Waals surface area contributed by atoms with E-state index in [1.807, 2.05) is 11.4 Å². The molecule has 0 radical (unpaired) electrons. The molecule has 4 nitrogen and oxygen atoms in total. The van der Waals surface area contributed by atoms with E-state index in [2.05, 4.69) is 20.7 Å². The van der Waals surface area contributed by atoms with E-state index in [0.29, 0.717) is 6.42 Å². The zero-order valence-corrected chi connectivity index (χ0v) is 13.2. The van der Waals surface area contributed by atoms with Gasteiger partial charge in [-0.25, -0.2) is 13.1 Å². The zero-order valence-electron chi connectivity index (χ0n) is 9.14. The highest BCUT2D eigenvalue weighted by molar-refractivity contribution is 9.10. The van der Waals surface area contributed by atoms with Crippen LogP contribution in [0.15, 0.2) is 15.9 Å². The highest BCUT2D eigenvalue weighted by Crippen LogP contribution is 2.19. The SMILES string of the molecule is CCC(C(N)=S)S(=O)(=O)NCc1cc(Br)cs1. The Balaban J connectivity index is 2.70. The standard InChI is InChI=1S/C9H13BrN2O2S3/c1-2-8(9(11)15)17(13,14)12-4-7-3-6(10)5-16-7/h3,5,8,12H,2,4H2,1H3,(H2,11,15). The van der Waals surface area contributed by atoms with E-state index in [4.69, 9.17) is 18.0 Å². The topological polar surface area (TPSA) is 72.2 Å². The third-order valence-corrected chi connectivity index (χ3v) is 6.15. The van der Waals surface area contributed by atoms with Crippen molar-refractivity contribution < 1.29 is 8.42 Å². The molecular formula is C9H13BrN2O2S3. The van der Waals surface area contributed by atoms with Crippen molar-refractivity contribution in [3.05, 3.63) is 20.8 Å². The summed E-state index contributed by atoms with van der Waals surface area (Å²) in [4.78, 5) is 0.936. The lowest BCUT2D eigenvalue weighted by molar-refractivity contribution is 0.574. The van der Waals surface area contributed by atoms with Gasteiger partial charge in [0.2, 0.25) is 10.0 Å². The van der Waals surface area contributed by atoms with Crippen molar-refractivity contribution in [2.24, 2.45) is 5.73 Å². The monoisotopic (exact) mass is 356 g/mol. The molecular weight excluding hydrogens is 344 g/mol. The van der Waals surface area contributed by atoms with E-state index in [9.17, 15) is 8.42 Å². The summed E-state index contributed by atoms with van der Waals surface area (Å²) in [5, 5.41) is 1.09. The average molecular weight is 357 g/mol. The van der Waals surface area contributed by atoms with Crippen molar-refractivity contribution >= 4 is 54.5 Å². The third-order valence-electron chi connectivity index (χ3n) is 2.13. The molecule has 0 saturated carbocycles. The molecule has 0 aliphatic rings. The van der Waals surface area contributed by atoms with E-state index < -0.39 is 15.3 Å². The predicted molar refractivity (Wildman–Crippen MR) is 78.6 cm³/mol. The number of halogens is 1. The molecule has 0 spiro atoms. The summed E-state index contributed by atoms with van der Waals surface area (Å²) in [5.41, 5.74) is 5.41. The predicted octanol–water partition coefficient (Wildman–Crippen LogP) is 1.99. The molecule has 0 aliphatic heterocycles. The van der Waals surface area contributed by atoms with E-state index >= 15 is 0 Å². The van der Waals surface area contributed by atoms with E-state index in [0.717, 1.165) is 9.35 Å². The van der Waals surface area contributed by atoms with Crippen LogP contribution in [0.2, 0.25) is 0 Å². The van der Waals surface area contributed by atoms with Crippen LogP contribution < -0.4 is 10.5 Å². The van der Waals surface area contributed by atoms with Gasteiger partial charge in [-0.2, -0.15) is 0 Å². The van der Waals surface area contributed by atoms with Gasteiger partial charge < -0.3 is 5.73 Å². The average Bonchev–Trinajstić information content (AvgIpc) is 2.61. The van der Waals surface area contributed by atoms with Crippen LogP contribution in [-0.4, -0.2) is 18.7 Å². The minimum atomic E-state index is -3.49. The van der Waals surface area contributed by atoms with Crippen LogP contribution in [0, 0.1) is 0 Å². The normalized spacial score (nSPS) is 13.5. The number of hydrogen-bond donors (Lipinski definition) is 2. The molecule has 17 heavy (non-hydrogen) atoms. The lowest BCUT2D eigenvalue weighted by atomic mass is 10.3. The first-order valence-corrected chi connectivity index (χ1v) is 8.50. The van der Waals surface area contributed by atoms with Gasteiger partial charge >= 0.3 is 0 Å². The molecule has 8 heteroatoms. The molecule has 0 fully saturated rings. The summed E-state index contributed by atoms with van der Waals surface area (Å²) in [7, 11) is -3.49. The maximum absolute atomic E-state index is 11.9. The minimum absolute atomic E-state index is 0.00681. The number of rotatable bonds is 6. The van der Waals surface area contributed by atoms with Gasteiger partial charge in [0, 0.05) is 21.3 Å². The van der Waals surface area contributed by atoms with Crippen LogP contribution in [0.4, 0.5) is 0 Å². The first-order valence-electron chi connectivity index (χ1n) is 4.87. The van der Waals surface area contributed by atoms with Crippen LogP contribution in [-0.2, 0) is 16.6 Å². The van der Waals surface area contributed by atoms with Crippen LogP contribution >= 0.6 is 39.5 Å². The van der Waals surface area contributed by atoms with Crippen molar-refractivity contribution in [3.8, 4) is 0 Å². The number of thiophene rings is 1. The number of nitrogens with one attached hydrogen (secondary N) is 1. The summed E-state index contributed by atoms with van der Waals surface area (Å²) < 4.78 is 27.3. The van der Waals surface area contributed by atoms with Gasteiger partial charge in [-0.15, -0.1) is 11.3 Å². The zero-order chi connectivity index (χ0) is 13.1. The van der Waals surface area contributed by atoms with Crippen LogP contribution in [0.3, 0.4) is 0 Å². The Labute approximate surface area is 119 Å². The van der Waals surface area contributed by atoms with Gasteiger partial charge in [0.15, 0.2) is 0 Å². The van der Waals surface area contributed by atoms with Gasteiger partial charge in [0.25, 0.3) is 0 Å². The summed E-state index contributed by atoms with van der Waals surface area (Å²) in [5.74, 6) is 0. The molecule has 0 aliphatic carbocycles. The van der Waals surface area contributed by atoms with Gasteiger partial charge in [-0.3, -0.25) is 0 Å². The number of thiocarbonyl (C=S) groups is 1. The van der Waals surface area contributed by atoms with Gasteiger partial charge in [0.1, 0.15) is 5.25 Å². The highest BCUT2D eigenvalue weighted by atomic mass is 79.9. The Morgan fingerprint density at radius 1 is 1.71 bits per heavy atom. The molecule has 1 aromatic rings. The van der Waals surface area contributed by atoms with Gasteiger partial charge in [-0.05, 0) is 28.4 Å². The summed E-state index contributed by atoms with van der Waals surface area (Å²) in [6.07, 6.45) is 0.374. The summed E-state index contributed by atoms with van der Waals surface area (Å²) >= 11 is 9.54. The molecule has 96 valence electrons. The molecule has 3 N–H and O–H groups in total. The number of nitrogens with two attached hydrogens (primary N) is 1. The van der Waals surface area contributed by atoms with Crippen LogP contribution in [0.1, 0.15) is 18.2 Å². The second-order valence-corrected chi connectivity index (χ2v) is 7.73. The van der Waals surface area contributed by atoms with Gasteiger partial charge in [-0.1, -0.05) is 19.1 Å². The quantitative estimate of drug-likeness (QED) is 0.764. The lowest BCUT2D eigenvalue weighted by Gasteiger charge is -2.14. The van der Waals surface area contributed by atoms with Crippen molar-refractivity contribution in [1.82, 2.24) is 4.72 Å². The fourth-order valence-corrected chi connectivity index (χ4v) is 4.62. The van der Waals surface area contributed by atoms with Gasteiger partial charge in [0.05, 0.1) is 4.99 Å². The maximum atomic E-state index is 11.9. The second kappa shape index (κ2) is 6.24. The molecule has 1 aromatic heterocycles. The number of sulfonamides is 1. The maximum Gasteiger partial charge on any atom is 0.221 e. The smallest absolute Gasteiger partial charge is 0.221 e. The molecule has 0 amide bonds. The fraction of sp³-hybridized carbons (Fsp3) is 0.444. The van der Waals surface area contributed by atoms with E-state index in [1.54, 1.807) is 6.92 Å². The van der Waals surface area contributed by atoms with Crippen molar-refractivity contribution in [2.75, 3.05) is 0 Å². The Morgan fingerprint density at radius 2 is 2.35 bits per heavy atom. The van der Waals surface area contributed by atoms with Crippen molar-refractivity contribution in [1.29, 1.82) is 0 Å². The Hall–Kier alpha value is -0.0200. The molecule has 1 unspecified atom stereocenters. The first kappa shape index (κ1) is 15.0. The van der Waals surface area contributed by atoms with Crippen LogP contribution in [0.5, 0.6) is 0 Å². The summed E-state index contributed by atoms with van der Waals surface area (Å²) in [6, 6.07) is 1.87. The van der Waals surface area contributed by atoms with Crippen molar-refractivity contribution in [3.63, 3.8) is 0 Å². The molecule has 0 bridgehead atoms. The lowest BCUT2D eigenvalue weighted by Crippen LogP contribution is -2.41. The number of hydrogen-bond acceptors (Lipinski definition) is 4. The van der Waals surface area contributed by atoms with Crippen molar-refractivity contribution in [2.45, 2.75) is 25.1 Å². The Bertz CT molecular complexity index is 498. The first-order chi connectivity index (χ1) is 7.86. The Kier molecular flexibility index (Phi) is 5.52. The Morgan fingerprint density at radius 3 is 2.76 bits per heavy atom. The minimum Gasteiger partial charge on any atom is -0.392 e. The van der Waals surface area contributed by atoms with Crippen LogP contribution in [0.25, 0.3) is 0 Å². The largest absolute Gasteiger partial charge is 0.392 e. The molecule has 1 atom stereocenters. The third kappa shape index (κ3) is 4.29. The van der Waals surface area contributed by atoms with E-state index in [1.165, 1.54) is 11.3 Å².